The lowest BCUT2D eigenvalue weighted by Crippen LogP contribution is -2.12. The van der Waals surface area contributed by atoms with Crippen LogP contribution in [0.2, 0.25) is 0 Å². The number of nitrogens with one attached hydrogen (secondary N) is 1. The molecule has 0 bridgehead atoms. The van der Waals surface area contributed by atoms with Crippen molar-refractivity contribution in [3.63, 3.8) is 0 Å². The summed E-state index contributed by atoms with van der Waals surface area (Å²) in [4.78, 5) is 27.2. The molecule has 0 atom stereocenters. The van der Waals surface area contributed by atoms with Gasteiger partial charge < -0.3 is 10.1 Å². The smallest absolute Gasteiger partial charge is 0.311 e. The Balaban J connectivity index is 1.91. The van der Waals surface area contributed by atoms with E-state index in [9.17, 15) is 14.9 Å². The second-order valence-corrected chi connectivity index (χ2v) is 5.40. The van der Waals surface area contributed by atoms with Gasteiger partial charge in [-0.2, -0.15) is 5.10 Å². The van der Waals surface area contributed by atoms with Crippen molar-refractivity contribution in [3.8, 4) is 5.75 Å². The van der Waals surface area contributed by atoms with E-state index >= 15 is 0 Å². The first-order valence-corrected chi connectivity index (χ1v) is 7.34. The number of ether oxygens (including phenoxy) is 1. The molecule has 25 heavy (non-hydrogen) atoms. The van der Waals surface area contributed by atoms with Crippen LogP contribution in [0.3, 0.4) is 0 Å². The topological polar surface area (TPSA) is 112 Å². The van der Waals surface area contributed by atoms with Gasteiger partial charge in [-0.3, -0.25) is 19.6 Å². The van der Waals surface area contributed by atoms with Crippen LogP contribution >= 0.6 is 0 Å². The molecule has 0 spiro atoms. The number of amides is 1. The number of hydrogen-bond acceptors (Lipinski definition) is 6. The van der Waals surface area contributed by atoms with Gasteiger partial charge in [-0.05, 0) is 25.1 Å². The number of carbonyl (C=O) groups is 1. The summed E-state index contributed by atoms with van der Waals surface area (Å²) in [5.74, 6) is -0.385. The molecule has 9 heteroatoms. The number of benzene rings is 1. The van der Waals surface area contributed by atoms with Gasteiger partial charge in [0.25, 0.3) is 5.91 Å². The summed E-state index contributed by atoms with van der Waals surface area (Å²) < 4.78 is 6.59. The molecule has 3 aromatic rings. The maximum absolute atomic E-state index is 12.4. The van der Waals surface area contributed by atoms with Crippen LogP contribution in [0, 0.1) is 17.0 Å². The number of aromatic nitrogens is 3. The zero-order chi connectivity index (χ0) is 18.1. The molecule has 3 rings (SSSR count). The van der Waals surface area contributed by atoms with E-state index in [1.165, 1.54) is 31.5 Å². The Kier molecular flexibility index (Phi) is 4.05. The van der Waals surface area contributed by atoms with Crippen molar-refractivity contribution in [3.05, 3.63) is 51.8 Å². The Hall–Kier alpha value is -3.49. The lowest BCUT2D eigenvalue weighted by molar-refractivity contribution is -0.385. The van der Waals surface area contributed by atoms with Crippen LogP contribution in [0.25, 0.3) is 11.0 Å². The molecule has 9 nitrogen and oxygen atoms in total. The average Bonchev–Trinajstić information content (AvgIpc) is 2.88. The normalized spacial score (nSPS) is 10.7. The number of carbonyl (C=O) groups excluding carboxylic acids is 1. The van der Waals surface area contributed by atoms with Crippen LogP contribution in [0.5, 0.6) is 5.75 Å². The molecule has 1 amide bonds. The molecular formula is C16H15N5O4. The molecule has 0 radical (unpaired) electrons. The summed E-state index contributed by atoms with van der Waals surface area (Å²) in [6.07, 6.45) is 1.51. The van der Waals surface area contributed by atoms with Crippen molar-refractivity contribution in [2.75, 3.05) is 12.4 Å². The van der Waals surface area contributed by atoms with Gasteiger partial charge in [0.15, 0.2) is 11.4 Å². The van der Waals surface area contributed by atoms with E-state index in [1.54, 1.807) is 17.8 Å². The van der Waals surface area contributed by atoms with Crippen LogP contribution in [0.4, 0.5) is 11.4 Å². The Labute approximate surface area is 142 Å². The maximum atomic E-state index is 12.4. The van der Waals surface area contributed by atoms with E-state index in [0.717, 1.165) is 11.1 Å². The zero-order valence-corrected chi connectivity index (χ0v) is 13.8. The van der Waals surface area contributed by atoms with Gasteiger partial charge in [0.05, 0.1) is 29.6 Å². The fraction of sp³-hybridized carbons (Fsp3) is 0.188. The lowest BCUT2D eigenvalue weighted by Gasteiger charge is -2.07. The second-order valence-electron chi connectivity index (χ2n) is 5.40. The molecule has 0 fully saturated rings. The first kappa shape index (κ1) is 16.4. The number of fused-ring (bicyclic) bond motifs is 1. The number of rotatable bonds is 4. The van der Waals surface area contributed by atoms with E-state index in [4.69, 9.17) is 4.74 Å². The van der Waals surface area contributed by atoms with Crippen molar-refractivity contribution >= 4 is 28.3 Å². The van der Waals surface area contributed by atoms with Crippen molar-refractivity contribution in [1.82, 2.24) is 14.8 Å². The monoisotopic (exact) mass is 341 g/mol. The molecule has 0 aliphatic heterocycles. The number of nitro benzene ring substituents is 1. The number of aryl methyl sites for hydroxylation is 2. The molecule has 0 aliphatic rings. The predicted molar refractivity (Wildman–Crippen MR) is 90.8 cm³/mol. The molecule has 2 heterocycles. The van der Waals surface area contributed by atoms with Gasteiger partial charge in [-0.15, -0.1) is 0 Å². The van der Waals surface area contributed by atoms with E-state index in [0.29, 0.717) is 11.3 Å². The first-order chi connectivity index (χ1) is 11.9. The number of methoxy groups -OCH3 is 1. The molecule has 1 aromatic carbocycles. The van der Waals surface area contributed by atoms with Crippen molar-refractivity contribution in [2.24, 2.45) is 7.05 Å². The summed E-state index contributed by atoms with van der Waals surface area (Å²) in [6.45, 7) is 1.85. The second kappa shape index (κ2) is 6.19. The number of pyridine rings is 1. The Bertz CT molecular complexity index is 996. The average molecular weight is 341 g/mol. The van der Waals surface area contributed by atoms with Gasteiger partial charge >= 0.3 is 5.69 Å². The number of nitro groups is 1. The third-order valence-electron chi connectivity index (χ3n) is 3.76. The highest BCUT2D eigenvalue weighted by atomic mass is 16.6. The number of anilines is 1. The minimum atomic E-state index is -0.595. The van der Waals surface area contributed by atoms with E-state index in [-0.39, 0.29) is 17.0 Å². The quantitative estimate of drug-likeness (QED) is 0.576. The van der Waals surface area contributed by atoms with E-state index < -0.39 is 10.8 Å². The largest absolute Gasteiger partial charge is 0.490 e. The van der Waals surface area contributed by atoms with Crippen LogP contribution in [-0.2, 0) is 7.05 Å². The highest BCUT2D eigenvalue weighted by Crippen LogP contribution is 2.28. The van der Waals surface area contributed by atoms with Crippen molar-refractivity contribution in [2.45, 2.75) is 6.92 Å². The fourth-order valence-corrected chi connectivity index (χ4v) is 2.55. The molecular weight excluding hydrogens is 326 g/mol. The van der Waals surface area contributed by atoms with Crippen molar-refractivity contribution < 1.29 is 14.5 Å². The van der Waals surface area contributed by atoms with E-state index in [1.807, 2.05) is 6.92 Å². The third-order valence-corrected chi connectivity index (χ3v) is 3.76. The Morgan fingerprint density at radius 2 is 2.12 bits per heavy atom. The minimum Gasteiger partial charge on any atom is -0.490 e. The van der Waals surface area contributed by atoms with Gasteiger partial charge in [-0.1, -0.05) is 0 Å². The summed E-state index contributed by atoms with van der Waals surface area (Å²) >= 11 is 0. The highest BCUT2D eigenvalue weighted by Gasteiger charge is 2.18. The van der Waals surface area contributed by atoms with Gasteiger partial charge in [0.1, 0.15) is 0 Å². The number of nitrogens with zero attached hydrogens (tertiary/aromatic N) is 4. The van der Waals surface area contributed by atoms with Crippen LogP contribution in [-0.4, -0.2) is 32.7 Å². The summed E-state index contributed by atoms with van der Waals surface area (Å²) in [6, 6.07) is 5.79. The molecule has 1 N–H and O–H groups in total. The number of hydrogen-bond donors (Lipinski definition) is 1. The molecule has 0 saturated carbocycles. The van der Waals surface area contributed by atoms with Crippen LogP contribution in [0.15, 0.2) is 30.5 Å². The summed E-state index contributed by atoms with van der Waals surface area (Å²) in [5, 5.41) is 18.9. The SMILES string of the molecule is COc1ccc(C(=O)Nc2cnc3c(c2)c(C)nn3C)cc1[N+](=O)[O-]. The van der Waals surface area contributed by atoms with Gasteiger partial charge in [0.2, 0.25) is 0 Å². The highest BCUT2D eigenvalue weighted by molar-refractivity contribution is 6.05. The van der Waals surface area contributed by atoms with Gasteiger partial charge in [0, 0.05) is 24.1 Å². The third kappa shape index (κ3) is 2.99. The lowest BCUT2D eigenvalue weighted by atomic mass is 10.1. The summed E-state index contributed by atoms with van der Waals surface area (Å²) in [5.41, 5.74) is 1.85. The standard InChI is InChI=1S/C16H15N5O4/c1-9-12-7-11(8-17-15(12)20(2)19-9)18-16(22)10-4-5-14(25-3)13(6-10)21(23)24/h4-8H,1-3H3,(H,18,22). The Morgan fingerprint density at radius 3 is 2.80 bits per heavy atom. The summed E-state index contributed by atoms with van der Waals surface area (Å²) in [7, 11) is 3.12. The zero-order valence-electron chi connectivity index (χ0n) is 13.8. The minimum absolute atomic E-state index is 0.0932. The molecule has 128 valence electrons. The molecule has 0 aliphatic carbocycles. The van der Waals surface area contributed by atoms with E-state index in [2.05, 4.69) is 15.4 Å². The fourth-order valence-electron chi connectivity index (χ4n) is 2.55. The molecule has 0 unspecified atom stereocenters. The maximum Gasteiger partial charge on any atom is 0.311 e. The molecule has 2 aromatic heterocycles. The van der Waals surface area contributed by atoms with Crippen LogP contribution < -0.4 is 10.1 Å². The predicted octanol–water partition coefficient (Wildman–Crippen LogP) is 2.45. The molecule has 0 saturated heterocycles. The van der Waals surface area contributed by atoms with Gasteiger partial charge in [-0.25, -0.2) is 4.98 Å². The Morgan fingerprint density at radius 1 is 1.36 bits per heavy atom. The first-order valence-electron chi connectivity index (χ1n) is 7.34. The van der Waals surface area contributed by atoms with Crippen molar-refractivity contribution in [1.29, 1.82) is 0 Å². The van der Waals surface area contributed by atoms with Crippen LogP contribution in [0.1, 0.15) is 16.1 Å².